The quantitative estimate of drug-likeness (QED) is 0.519. The number of carbonyl (C=O) groups excluding carboxylic acids is 2. The molecule has 4 nitrogen and oxygen atoms in total. The fourth-order valence-corrected chi connectivity index (χ4v) is 0.734. The molecule has 0 heterocycles. The van der Waals surface area contributed by atoms with E-state index in [-0.39, 0.29) is 12.5 Å². The monoisotopic (exact) mass is 221 g/mol. The van der Waals surface area contributed by atoms with Gasteiger partial charge in [-0.25, -0.2) is 4.79 Å². The summed E-state index contributed by atoms with van der Waals surface area (Å²) in [5.74, 6) is -0.943. The van der Waals surface area contributed by atoms with Crippen LogP contribution in [-0.4, -0.2) is 30.0 Å². The Bertz CT molecular complexity index is 213. The first-order valence-electron chi connectivity index (χ1n) is 4.19. The van der Waals surface area contributed by atoms with E-state index in [9.17, 15) is 9.59 Å². The van der Waals surface area contributed by atoms with Crippen LogP contribution < -0.4 is 0 Å². The molecule has 0 saturated heterocycles. The van der Waals surface area contributed by atoms with Crippen LogP contribution in [0.4, 0.5) is 0 Å². The molecule has 14 heavy (non-hydrogen) atoms. The van der Waals surface area contributed by atoms with Gasteiger partial charge in [-0.1, -0.05) is 6.92 Å². The van der Waals surface area contributed by atoms with Crippen LogP contribution in [0.2, 0.25) is 0 Å². The summed E-state index contributed by atoms with van der Waals surface area (Å²) in [6.45, 7) is 4.57. The van der Waals surface area contributed by atoms with Gasteiger partial charge >= 0.3 is 11.9 Å². The molecule has 1 radical (unpaired) electrons. The Balaban J connectivity index is 4.15. The molecule has 0 aliphatic rings. The maximum atomic E-state index is 11.3. The summed E-state index contributed by atoms with van der Waals surface area (Å²) in [7, 11) is 0. The van der Waals surface area contributed by atoms with Crippen molar-refractivity contribution in [2.24, 2.45) is 0 Å². The molecule has 0 N–H and O–H groups in total. The van der Waals surface area contributed by atoms with E-state index >= 15 is 0 Å². The Morgan fingerprint density at radius 1 is 1.43 bits per heavy atom. The van der Waals surface area contributed by atoms with E-state index in [1.165, 1.54) is 27.2 Å². The molecular formula is C9H14ClO4. The lowest BCUT2D eigenvalue weighted by Gasteiger charge is -2.22. The van der Waals surface area contributed by atoms with Gasteiger partial charge in [-0.15, -0.1) is 11.6 Å². The lowest BCUT2D eigenvalue weighted by Crippen LogP contribution is -2.39. The number of alkyl halides is 1. The third-order valence-corrected chi connectivity index (χ3v) is 1.55. The molecule has 81 valence electrons. The van der Waals surface area contributed by atoms with E-state index in [0.717, 1.165) is 0 Å². The highest BCUT2D eigenvalue weighted by Crippen LogP contribution is 2.12. The van der Waals surface area contributed by atoms with Gasteiger partial charge in [0.15, 0.2) is 0 Å². The molecule has 0 fully saturated rings. The number of rotatable bonds is 5. The van der Waals surface area contributed by atoms with E-state index in [0.29, 0.717) is 0 Å². The zero-order chi connectivity index (χ0) is 11.2. The molecule has 0 aliphatic heterocycles. The minimum atomic E-state index is -1.27. The fourth-order valence-electron chi connectivity index (χ4n) is 0.657. The Hall–Kier alpha value is -0.770. The molecule has 0 bridgehead atoms. The van der Waals surface area contributed by atoms with Crippen LogP contribution in [0.15, 0.2) is 0 Å². The van der Waals surface area contributed by atoms with Gasteiger partial charge in [-0.3, -0.25) is 4.79 Å². The van der Waals surface area contributed by atoms with E-state index in [2.05, 4.69) is 0 Å². The highest BCUT2D eigenvalue weighted by molar-refractivity contribution is 6.18. The van der Waals surface area contributed by atoms with Crippen LogP contribution in [0.1, 0.15) is 20.8 Å². The molecule has 0 amide bonds. The molecule has 0 aromatic heterocycles. The summed E-state index contributed by atoms with van der Waals surface area (Å²) in [6.07, 6.45) is 1.23. The smallest absolute Gasteiger partial charge is 0.350 e. The largest absolute Gasteiger partial charge is 0.461 e. The fraction of sp³-hybridized carbons (Fsp3) is 0.667. The van der Waals surface area contributed by atoms with Crippen LogP contribution >= 0.6 is 11.6 Å². The van der Waals surface area contributed by atoms with E-state index in [1.54, 1.807) is 0 Å². The zero-order valence-corrected chi connectivity index (χ0v) is 9.26. The molecule has 0 rings (SSSR count). The van der Waals surface area contributed by atoms with E-state index in [1.807, 2.05) is 0 Å². The highest BCUT2D eigenvalue weighted by Gasteiger charge is 2.33. The second-order valence-corrected chi connectivity index (χ2v) is 3.42. The van der Waals surface area contributed by atoms with Crippen molar-refractivity contribution in [3.8, 4) is 0 Å². The molecule has 0 aromatic rings. The minimum Gasteiger partial charge on any atom is -0.461 e. The predicted octanol–water partition coefficient (Wildman–Crippen LogP) is 1.31. The maximum absolute atomic E-state index is 11.3. The molecular weight excluding hydrogens is 208 g/mol. The van der Waals surface area contributed by atoms with Crippen LogP contribution in [0, 0.1) is 6.42 Å². The number of halogens is 1. The van der Waals surface area contributed by atoms with E-state index in [4.69, 9.17) is 21.1 Å². The number of ether oxygens (including phenoxy) is 2. The third-order valence-electron chi connectivity index (χ3n) is 1.39. The predicted molar refractivity (Wildman–Crippen MR) is 51.8 cm³/mol. The van der Waals surface area contributed by atoms with Crippen LogP contribution in [-0.2, 0) is 19.1 Å². The lowest BCUT2D eigenvalue weighted by molar-refractivity contribution is -0.176. The van der Waals surface area contributed by atoms with Gasteiger partial charge in [0.1, 0.15) is 6.61 Å². The van der Waals surface area contributed by atoms with Gasteiger partial charge in [-0.05, 0) is 13.8 Å². The third kappa shape index (κ3) is 4.46. The minimum absolute atomic E-state index is 0.108. The normalized spacial score (nSPS) is 10.9. The standard InChI is InChI=1S/C9H14ClO4/c1-4-7(11)14-9(2,3)8(12)13-6-5-10/h4H,5-6H2,1-3H3. The Morgan fingerprint density at radius 3 is 2.43 bits per heavy atom. The highest BCUT2D eigenvalue weighted by atomic mass is 35.5. The number of carbonyl (C=O) groups is 2. The second-order valence-electron chi connectivity index (χ2n) is 3.04. The van der Waals surface area contributed by atoms with Crippen molar-refractivity contribution in [3.63, 3.8) is 0 Å². The zero-order valence-electron chi connectivity index (χ0n) is 8.50. The van der Waals surface area contributed by atoms with Crippen LogP contribution in [0.25, 0.3) is 0 Å². The number of hydrogen-bond acceptors (Lipinski definition) is 4. The summed E-state index contributed by atoms with van der Waals surface area (Å²) in [6, 6.07) is 0. The first kappa shape index (κ1) is 13.2. The first-order chi connectivity index (χ1) is 6.44. The second kappa shape index (κ2) is 5.86. The Morgan fingerprint density at radius 2 is 2.00 bits per heavy atom. The van der Waals surface area contributed by atoms with Crippen LogP contribution in [0.3, 0.4) is 0 Å². The van der Waals surface area contributed by atoms with Crippen LogP contribution in [0.5, 0.6) is 0 Å². The van der Waals surface area contributed by atoms with Crippen molar-refractivity contribution in [2.45, 2.75) is 26.4 Å². The van der Waals surface area contributed by atoms with E-state index < -0.39 is 17.5 Å². The molecule has 0 aliphatic carbocycles. The molecule has 0 atom stereocenters. The van der Waals surface area contributed by atoms with Gasteiger partial charge in [-0.2, -0.15) is 0 Å². The van der Waals surface area contributed by atoms with Crippen molar-refractivity contribution in [2.75, 3.05) is 12.5 Å². The lowest BCUT2D eigenvalue weighted by atomic mass is 10.1. The van der Waals surface area contributed by atoms with Crippen molar-refractivity contribution in [1.82, 2.24) is 0 Å². The Kier molecular flexibility index (Phi) is 5.53. The molecule has 0 unspecified atom stereocenters. The summed E-state index contributed by atoms with van der Waals surface area (Å²) in [5.41, 5.74) is -1.27. The summed E-state index contributed by atoms with van der Waals surface area (Å²) >= 11 is 5.34. The van der Waals surface area contributed by atoms with Gasteiger partial charge in [0, 0.05) is 0 Å². The SMILES string of the molecule is C[CH]C(=O)OC(C)(C)C(=O)OCCCl. The summed E-state index contributed by atoms with van der Waals surface area (Å²) in [4.78, 5) is 22.2. The molecule has 5 heteroatoms. The number of esters is 2. The van der Waals surface area contributed by atoms with Crippen molar-refractivity contribution in [1.29, 1.82) is 0 Å². The number of hydrogen-bond donors (Lipinski definition) is 0. The molecule has 0 saturated carbocycles. The molecule has 0 aromatic carbocycles. The Labute approximate surface area is 88.5 Å². The maximum Gasteiger partial charge on any atom is 0.350 e. The average molecular weight is 222 g/mol. The average Bonchev–Trinajstić information content (AvgIpc) is 2.13. The van der Waals surface area contributed by atoms with Crippen molar-refractivity contribution in [3.05, 3.63) is 6.42 Å². The summed E-state index contributed by atoms with van der Waals surface area (Å²) in [5, 5.41) is 0. The van der Waals surface area contributed by atoms with Gasteiger partial charge in [0.25, 0.3) is 0 Å². The summed E-state index contributed by atoms with van der Waals surface area (Å²) < 4.78 is 9.57. The van der Waals surface area contributed by atoms with Crippen molar-refractivity contribution < 1.29 is 19.1 Å². The molecule has 0 spiro atoms. The van der Waals surface area contributed by atoms with Gasteiger partial charge < -0.3 is 9.47 Å². The first-order valence-corrected chi connectivity index (χ1v) is 4.73. The van der Waals surface area contributed by atoms with Crippen molar-refractivity contribution >= 4 is 23.5 Å². The van der Waals surface area contributed by atoms with Gasteiger partial charge in [0.05, 0.1) is 12.3 Å². The van der Waals surface area contributed by atoms with Gasteiger partial charge in [0.2, 0.25) is 5.60 Å². The topological polar surface area (TPSA) is 52.6 Å².